The number of carbonyl (C=O) groups is 1. The van der Waals surface area contributed by atoms with Crippen molar-refractivity contribution in [3.8, 4) is 0 Å². The monoisotopic (exact) mass is 216 g/mol. The van der Waals surface area contributed by atoms with Crippen LogP contribution >= 0.6 is 0 Å². The average molecular weight is 216 g/mol. The summed E-state index contributed by atoms with van der Waals surface area (Å²) < 4.78 is 0. The van der Waals surface area contributed by atoms with E-state index in [0.717, 1.165) is 23.4 Å². The number of hydrogen-bond donors (Lipinski definition) is 0. The molecule has 0 N–H and O–H groups in total. The first-order chi connectivity index (χ1) is 7.63. The molecule has 0 bridgehead atoms. The van der Waals surface area contributed by atoms with Crippen LogP contribution in [-0.2, 0) is 4.79 Å². The first-order valence-electron chi connectivity index (χ1n) is 5.59. The standard InChI is InChI=1S/C13H16N2O/c1-4-12-10(3)14-15(13(12)16)11-7-5-6-9(2)8-11/h5-8,12H,4H2,1-3H3. The highest BCUT2D eigenvalue weighted by Gasteiger charge is 2.32. The van der Waals surface area contributed by atoms with Crippen LogP contribution in [0.2, 0.25) is 0 Å². The van der Waals surface area contributed by atoms with E-state index in [1.54, 1.807) is 0 Å². The highest BCUT2D eigenvalue weighted by atomic mass is 16.2. The number of anilines is 1. The Morgan fingerprint density at radius 3 is 2.69 bits per heavy atom. The van der Waals surface area contributed by atoms with Gasteiger partial charge in [0, 0.05) is 5.71 Å². The van der Waals surface area contributed by atoms with Gasteiger partial charge >= 0.3 is 0 Å². The van der Waals surface area contributed by atoms with Gasteiger partial charge in [-0.15, -0.1) is 0 Å². The van der Waals surface area contributed by atoms with Gasteiger partial charge in [0.15, 0.2) is 0 Å². The quantitative estimate of drug-likeness (QED) is 0.748. The van der Waals surface area contributed by atoms with Crippen molar-refractivity contribution in [3.63, 3.8) is 0 Å². The zero-order valence-corrected chi connectivity index (χ0v) is 9.90. The molecule has 84 valence electrons. The second-order valence-electron chi connectivity index (χ2n) is 4.19. The molecular formula is C13H16N2O. The van der Waals surface area contributed by atoms with E-state index >= 15 is 0 Å². The molecule has 1 aliphatic rings. The molecule has 3 nitrogen and oxygen atoms in total. The summed E-state index contributed by atoms with van der Waals surface area (Å²) in [4.78, 5) is 12.1. The van der Waals surface area contributed by atoms with Crippen molar-refractivity contribution in [2.45, 2.75) is 27.2 Å². The molecule has 3 heteroatoms. The molecule has 16 heavy (non-hydrogen) atoms. The number of amides is 1. The first-order valence-corrected chi connectivity index (χ1v) is 5.59. The van der Waals surface area contributed by atoms with Crippen molar-refractivity contribution in [1.82, 2.24) is 0 Å². The molecule has 2 rings (SSSR count). The summed E-state index contributed by atoms with van der Waals surface area (Å²) in [7, 11) is 0. The number of hydrazone groups is 1. The molecule has 0 saturated heterocycles. The minimum Gasteiger partial charge on any atom is -0.272 e. The maximum atomic E-state index is 12.1. The molecular weight excluding hydrogens is 200 g/mol. The normalized spacial score (nSPS) is 20.2. The highest BCUT2D eigenvalue weighted by Crippen LogP contribution is 2.25. The van der Waals surface area contributed by atoms with Gasteiger partial charge in [0.05, 0.1) is 11.6 Å². The lowest BCUT2D eigenvalue weighted by Gasteiger charge is -2.13. The lowest BCUT2D eigenvalue weighted by molar-refractivity contribution is -0.119. The highest BCUT2D eigenvalue weighted by molar-refractivity contribution is 6.14. The Hall–Kier alpha value is -1.64. The molecule has 0 fully saturated rings. The van der Waals surface area contributed by atoms with Gasteiger partial charge in [-0.05, 0) is 38.0 Å². The van der Waals surface area contributed by atoms with Crippen LogP contribution in [0, 0.1) is 12.8 Å². The second kappa shape index (κ2) is 4.08. The van der Waals surface area contributed by atoms with Crippen molar-refractivity contribution in [3.05, 3.63) is 29.8 Å². The maximum Gasteiger partial charge on any atom is 0.256 e. The van der Waals surface area contributed by atoms with Gasteiger partial charge in [-0.25, -0.2) is 5.01 Å². The van der Waals surface area contributed by atoms with E-state index in [4.69, 9.17) is 0 Å². The number of benzene rings is 1. The average Bonchev–Trinajstić information content (AvgIpc) is 2.54. The lowest BCUT2D eigenvalue weighted by Crippen LogP contribution is -2.26. The zero-order chi connectivity index (χ0) is 11.7. The zero-order valence-electron chi connectivity index (χ0n) is 9.90. The number of nitrogens with zero attached hydrogens (tertiary/aromatic N) is 2. The molecule has 1 aromatic carbocycles. The Kier molecular flexibility index (Phi) is 2.77. The van der Waals surface area contributed by atoms with E-state index in [2.05, 4.69) is 5.10 Å². The topological polar surface area (TPSA) is 32.7 Å². The third kappa shape index (κ3) is 1.73. The summed E-state index contributed by atoms with van der Waals surface area (Å²) in [6, 6.07) is 7.85. The number of carbonyl (C=O) groups excluding carboxylic acids is 1. The van der Waals surface area contributed by atoms with Crippen LogP contribution in [-0.4, -0.2) is 11.6 Å². The van der Waals surface area contributed by atoms with Crippen LogP contribution in [0.1, 0.15) is 25.8 Å². The van der Waals surface area contributed by atoms with E-state index in [1.165, 1.54) is 5.01 Å². The molecule has 0 spiro atoms. The van der Waals surface area contributed by atoms with E-state index in [9.17, 15) is 4.79 Å². The summed E-state index contributed by atoms with van der Waals surface area (Å²) in [5.41, 5.74) is 2.91. The van der Waals surface area contributed by atoms with Crippen LogP contribution in [0.3, 0.4) is 0 Å². The largest absolute Gasteiger partial charge is 0.272 e. The van der Waals surface area contributed by atoms with Gasteiger partial charge in [0.1, 0.15) is 0 Å². The number of aryl methyl sites for hydroxylation is 1. The van der Waals surface area contributed by atoms with Crippen LogP contribution < -0.4 is 5.01 Å². The van der Waals surface area contributed by atoms with Gasteiger partial charge < -0.3 is 0 Å². The fraction of sp³-hybridized carbons (Fsp3) is 0.385. The maximum absolute atomic E-state index is 12.1. The lowest BCUT2D eigenvalue weighted by atomic mass is 10.0. The minimum absolute atomic E-state index is 0.0412. The van der Waals surface area contributed by atoms with Crippen molar-refractivity contribution < 1.29 is 4.79 Å². The Morgan fingerprint density at radius 2 is 2.12 bits per heavy atom. The van der Waals surface area contributed by atoms with Gasteiger partial charge in [0.25, 0.3) is 5.91 Å². The third-order valence-electron chi connectivity index (χ3n) is 2.92. The summed E-state index contributed by atoms with van der Waals surface area (Å²) >= 11 is 0. The smallest absolute Gasteiger partial charge is 0.256 e. The molecule has 1 amide bonds. The fourth-order valence-electron chi connectivity index (χ4n) is 2.02. The van der Waals surface area contributed by atoms with Crippen LogP contribution in [0.15, 0.2) is 29.4 Å². The van der Waals surface area contributed by atoms with E-state index < -0.39 is 0 Å². The molecule has 1 heterocycles. The molecule has 0 aliphatic carbocycles. The molecule has 1 unspecified atom stereocenters. The van der Waals surface area contributed by atoms with Gasteiger partial charge in [-0.3, -0.25) is 4.79 Å². The van der Waals surface area contributed by atoms with Crippen LogP contribution in [0.25, 0.3) is 0 Å². The molecule has 1 aliphatic heterocycles. The molecule has 1 aromatic rings. The van der Waals surface area contributed by atoms with Crippen molar-refractivity contribution in [1.29, 1.82) is 0 Å². The predicted octanol–water partition coefficient (Wildman–Crippen LogP) is 2.74. The first kappa shape index (κ1) is 10.9. The Labute approximate surface area is 95.8 Å². The van der Waals surface area contributed by atoms with Gasteiger partial charge in [0.2, 0.25) is 0 Å². The number of rotatable bonds is 2. The van der Waals surface area contributed by atoms with Crippen molar-refractivity contribution in [2.75, 3.05) is 5.01 Å². The summed E-state index contributed by atoms with van der Waals surface area (Å²) in [5, 5.41) is 5.86. The van der Waals surface area contributed by atoms with Crippen molar-refractivity contribution in [2.24, 2.45) is 11.0 Å². The SMILES string of the molecule is CCC1C(=O)N(c2cccc(C)c2)N=C1C. The van der Waals surface area contributed by atoms with E-state index in [-0.39, 0.29) is 11.8 Å². The van der Waals surface area contributed by atoms with Crippen LogP contribution in [0.5, 0.6) is 0 Å². The summed E-state index contributed by atoms with van der Waals surface area (Å²) in [5.74, 6) is 0.0473. The fourth-order valence-corrected chi connectivity index (χ4v) is 2.02. The van der Waals surface area contributed by atoms with Crippen LogP contribution in [0.4, 0.5) is 5.69 Å². The Balaban J connectivity index is 2.34. The minimum atomic E-state index is -0.0412. The summed E-state index contributed by atoms with van der Waals surface area (Å²) in [6.45, 7) is 5.95. The van der Waals surface area contributed by atoms with Crippen molar-refractivity contribution >= 4 is 17.3 Å². The van der Waals surface area contributed by atoms with E-state index in [1.807, 2.05) is 45.0 Å². The molecule has 1 atom stereocenters. The second-order valence-corrected chi connectivity index (χ2v) is 4.19. The Bertz CT molecular complexity index is 451. The van der Waals surface area contributed by atoms with E-state index in [0.29, 0.717) is 0 Å². The Morgan fingerprint density at radius 1 is 1.38 bits per heavy atom. The van der Waals surface area contributed by atoms with Gasteiger partial charge in [-0.1, -0.05) is 19.1 Å². The third-order valence-corrected chi connectivity index (χ3v) is 2.92. The van der Waals surface area contributed by atoms with Gasteiger partial charge in [-0.2, -0.15) is 5.10 Å². The molecule has 0 saturated carbocycles. The molecule has 0 radical (unpaired) electrons. The number of hydrogen-bond acceptors (Lipinski definition) is 2. The predicted molar refractivity (Wildman–Crippen MR) is 65.6 cm³/mol. The molecule has 0 aromatic heterocycles. The summed E-state index contributed by atoms with van der Waals surface area (Å²) in [6.07, 6.45) is 0.816.